The first-order valence-corrected chi connectivity index (χ1v) is 9.33. The van der Waals surface area contributed by atoms with Crippen molar-refractivity contribution < 1.29 is 4.79 Å². The largest absolute Gasteiger partial charge is 0.353 e. The van der Waals surface area contributed by atoms with E-state index in [4.69, 9.17) is 0 Å². The van der Waals surface area contributed by atoms with Gasteiger partial charge in [-0.3, -0.25) is 4.79 Å². The van der Waals surface area contributed by atoms with Crippen molar-refractivity contribution in [3.8, 4) is 0 Å². The van der Waals surface area contributed by atoms with Gasteiger partial charge in [0.2, 0.25) is 5.91 Å². The molecule has 114 valence electrons. The Balaban J connectivity index is 1.42. The molecular weight excluding hydrogens is 278 g/mol. The van der Waals surface area contributed by atoms with Crippen LogP contribution in [-0.4, -0.2) is 11.9 Å². The lowest BCUT2D eigenvalue weighted by Gasteiger charge is -2.59. The summed E-state index contributed by atoms with van der Waals surface area (Å²) < 4.78 is 0. The zero-order valence-electron chi connectivity index (χ0n) is 12.8. The Morgan fingerprint density at radius 1 is 1.29 bits per heavy atom. The van der Waals surface area contributed by atoms with Crippen LogP contribution < -0.4 is 5.32 Å². The van der Waals surface area contributed by atoms with Gasteiger partial charge in [-0.25, -0.2) is 0 Å². The van der Waals surface area contributed by atoms with Crippen molar-refractivity contribution in [1.82, 2.24) is 5.32 Å². The Labute approximate surface area is 131 Å². The van der Waals surface area contributed by atoms with E-state index in [9.17, 15) is 4.79 Å². The molecular formula is C18H25NOS. The molecule has 21 heavy (non-hydrogen) atoms. The van der Waals surface area contributed by atoms with Crippen LogP contribution in [0.5, 0.6) is 0 Å². The molecule has 0 aromatic carbocycles. The summed E-state index contributed by atoms with van der Waals surface area (Å²) in [5, 5.41) is 5.39. The molecule has 0 aliphatic heterocycles. The van der Waals surface area contributed by atoms with Gasteiger partial charge in [-0.2, -0.15) is 0 Å². The van der Waals surface area contributed by atoms with Crippen molar-refractivity contribution >= 4 is 17.2 Å². The van der Waals surface area contributed by atoms with Crippen LogP contribution in [-0.2, 0) is 11.2 Å². The number of hydrogen-bond acceptors (Lipinski definition) is 2. The molecule has 0 spiro atoms. The number of amides is 1. The minimum absolute atomic E-state index is 0.209. The van der Waals surface area contributed by atoms with E-state index in [1.54, 1.807) is 11.3 Å². The zero-order chi connectivity index (χ0) is 14.4. The van der Waals surface area contributed by atoms with Crippen LogP contribution in [0.25, 0.3) is 0 Å². The van der Waals surface area contributed by atoms with Gasteiger partial charge in [0, 0.05) is 10.9 Å². The van der Waals surface area contributed by atoms with Crippen molar-refractivity contribution in [1.29, 1.82) is 0 Å². The van der Waals surface area contributed by atoms with Crippen LogP contribution in [0.3, 0.4) is 0 Å². The minimum atomic E-state index is 0.209. The molecule has 4 saturated carbocycles. The lowest BCUT2D eigenvalue weighted by molar-refractivity contribution is -0.125. The van der Waals surface area contributed by atoms with Gasteiger partial charge in [-0.15, -0.1) is 11.3 Å². The average Bonchev–Trinajstić information content (AvgIpc) is 2.89. The first-order valence-electron chi connectivity index (χ1n) is 8.45. The number of rotatable bonds is 4. The van der Waals surface area contributed by atoms with Gasteiger partial charge in [0.25, 0.3) is 0 Å². The zero-order valence-corrected chi connectivity index (χ0v) is 13.6. The molecule has 0 saturated heterocycles. The average molecular weight is 303 g/mol. The van der Waals surface area contributed by atoms with Gasteiger partial charge in [0.1, 0.15) is 0 Å². The molecule has 4 aliphatic carbocycles. The minimum Gasteiger partial charge on any atom is -0.353 e. The fourth-order valence-electron chi connectivity index (χ4n) is 5.72. The SMILES string of the molecule is CC(NC(=O)Cc1cccs1)C12CC3CC(CC(C3)C1)C2. The van der Waals surface area contributed by atoms with E-state index in [1.807, 2.05) is 11.4 Å². The highest BCUT2D eigenvalue weighted by Gasteiger charge is 2.53. The highest BCUT2D eigenvalue weighted by molar-refractivity contribution is 7.10. The first-order chi connectivity index (χ1) is 10.1. The predicted octanol–water partition coefficient (Wildman–Crippen LogP) is 4.01. The molecule has 0 radical (unpaired) electrons. The monoisotopic (exact) mass is 303 g/mol. The van der Waals surface area contributed by atoms with Crippen molar-refractivity contribution in [3.05, 3.63) is 22.4 Å². The van der Waals surface area contributed by atoms with Crippen LogP contribution in [0.15, 0.2) is 17.5 Å². The molecule has 4 bridgehead atoms. The van der Waals surface area contributed by atoms with Gasteiger partial charge in [0.05, 0.1) is 6.42 Å². The molecule has 1 aromatic heterocycles. The van der Waals surface area contributed by atoms with Crippen LogP contribution in [0.4, 0.5) is 0 Å². The maximum absolute atomic E-state index is 12.3. The molecule has 1 aromatic rings. The van der Waals surface area contributed by atoms with E-state index in [0.717, 1.165) is 17.8 Å². The Morgan fingerprint density at radius 3 is 2.43 bits per heavy atom. The quantitative estimate of drug-likeness (QED) is 0.894. The maximum atomic E-state index is 12.3. The second kappa shape index (κ2) is 5.12. The number of thiophene rings is 1. The van der Waals surface area contributed by atoms with E-state index >= 15 is 0 Å². The smallest absolute Gasteiger partial charge is 0.225 e. The van der Waals surface area contributed by atoms with Gasteiger partial charge in [0.15, 0.2) is 0 Å². The number of carbonyl (C=O) groups excluding carboxylic acids is 1. The van der Waals surface area contributed by atoms with Crippen molar-refractivity contribution in [2.45, 2.75) is 57.9 Å². The van der Waals surface area contributed by atoms with E-state index < -0.39 is 0 Å². The van der Waals surface area contributed by atoms with Crippen LogP contribution in [0.1, 0.15) is 50.3 Å². The molecule has 3 heteroatoms. The fourth-order valence-corrected chi connectivity index (χ4v) is 6.43. The predicted molar refractivity (Wildman–Crippen MR) is 86.2 cm³/mol. The summed E-state index contributed by atoms with van der Waals surface area (Å²) in [5.74, 6) is 3.06. The van der Waals surface area contributed by atoms with Crippen LogP contribution in [0, 0.1) is 23.2 Å². The number of hydrogen-bond donors (Lipinski definition) is 1. The standard InChI is InChI=1S/C18H25NOS/c1-12(19-17(20)8-16-3-2-4-21-16)18-9-13-5-14(10-18)7-15(6-13)11-18/h2-4,12-15H,5-11H2,1H3,(H,19,20). The van der Waals surface area contributed by atoms with Gasteiger partial charge in [-0.05, 0) is 80.1 Å². The highest BCUT2D eigenvalue weighted by atomic mass is 32.1. The van der Waals surface area contributed by atoms with Crippen LogP contribution in [0.2, 0.25) is 0 Å². The van der Waals surface area contributed by atoms with Gasteiger partial charge >= 0.3 is 0 Å². The highest BCUT2D eigenvalue weighted by Crippen LogP contribution is 2.61. The third-order valence-corrected chi connectivity index (χ3v) is 7.17. The molecule has 4 fully saturated rings. The van der Waals surface area contributed by atoms with Crippen molar-refractivity contribution in [3.63, 3.8) is 0 Å². The fraction of sp³-hybridized carbons (Fsp3) is 0.722. The molecule has 1 atom stereocenters. The summed E-state index contributed by atoms with van der Waals surface area (Å²) in [5.41, 5.74) is 0.417. The van der Waals surface area contributed by atoms with E-state index in [1.165, 1.54) is 43.4 Å². The lowest BCUT2D eigenvalue weighted by atomic mass is 9.48. The summed E-state index contributed by atoms with van der Waals surface area (Å²) in [6.45, 7) is 2.26. The third kappa shape index (κ3) is 2.54. The van der Waals surface area contributed by atoms with E-state index in [0.29, 0.717) is 17.9 Å². The summed E-state index contributed by atoms with van der Waals surface area (Å²) in [6.07, 6.45) is 9.03. The summed E-state index contributed by atoms with van der Waals surface area (Å²) >= 11 is 1.68. The van der Waals surface area contributed by atoms with E-state index in [-0.39, 0.29) is 5.91 Å². The van der Waals surface area contributed by atoms with Crippen molar-refractivity contribution in [2.24, 2.45) is 23.2 Å². The first kappa shape index (κ1) is 13.8. The third-order valence-electron chi connectivity index (χ3n) is 6.30. The lowest BCUT2D eigenvalue weighted by Crippen LogP contribution is -2.56. The Bertz CT molecular complexity index is 486. The van der Waals surface area contributed by atoms with Gasteiger partial charge in [-0.1, -0.05) is 6.07 Å². The van der Waals surface area contributed by atoms with Crippen molar-refractivity contribution in [2.75, 3.05) is 0 Å². The summed E-state index contributed by atoms with van der Waals surface area (Å²) in [4.78, 5) is 13.5. The second-order valence-corrected chi connectivity index (χ2v) is 8.86. The molecule has 1 unspecified atom stereocenters. The molecule has 2 nitrogen and oxygen atoms in total. The molecule has 1 heterocycles. The van der Waals surface area contributed by atoms with E-state index in [2.05, 4.69) is 18.3 Å². The molecule has 1 N–H and O–H groups in total. The Kier molecular flexibility index (Phi) is 3.36. The number of nitrogens with one attached hydrogen (secondary N) is 1. The molecule has 5 rings (SSSR count). The topological polar surface area (TPSA) is 29.1 Å². The second-order valence-electron chi connectivity index (χ2n) is 7.83. The summed E-state index contributed by atoms with van der Waals surface area (Å²) in [6, 6.07) is 4.42. The van der Waals surface area contributed by atoms with Gasteiger partial charge < -0.3 is 5.32 Å². The van der Waals surface area contributed by atoms with Crippen LogP contribution >= 0.6 is 11.3 Å². The molecule has 4 aliphatic rings. The Morgan fingerprint density at radius 2 is 1.90 bits per heavy atom. The Hall–Kier alpha value is -0.830. The normalized spacial score (nSPS) is 38.4. The number of carbonyl (C=O) groups is 1. The molecule has 1 amide bonds. The summed E-state index contributed by atoms with van der Waals surface area (Å²) in [7, 11) is 0. The maximum Gasteiger partial charge on any atom is 0.225 e.